The molecule has 0 bridgehead atoms. The number of piperidine rings is 1. The highest BCUT2D eigenvalue weighted by Crippen LogP contribution is 2.25. The highest BCUT2D eigenvalue weighted by Gasteiger charge is 2.28. The summed E-state index contributed by atoms with van der Waals surface area (Å²) in [5, 5.41) is 3.65. The van der Waals surface area contributed by atoms with Gasteiger partial charge in [0.15, 0.2) is 0 Å². The van der Waals surface area contributed by atoms with Crippen LogP contribution >= 0.6 is 0 Å². The van der Waals surface area contributed by atoms with Gasteiger partial charge in [0.25, 0.3) is 0 Å². The third-order valence-corrected chi connectivity index (χ3v) is 4.83. The van der Waals surface area contributed by atoms with Gasteiger partial charge in [-0.05, 0) is 62.4 Å². The zero-order valence-corrected chi connectivity index (χ0v) is 12.6. The lowest BCUT2D eigenvalue weighted by atomic mass is 9.89. The number of nitrogens with one attached hydrogen (secondary N) is 1. The first-order valence-electron chi connectivity index (χ1n) is 8.07. The summed E-state index contributed by atoms with van der Waals surface area (Å²) in [4.78, 5) is 13.8. The molecule has 0 radical (unpaired) electrons. The van der Waals surface area contributed by atoms with E-state index in [1.807, 2.05) is 12.1 Å². The topological polar surface area (TPSA) is 58.4 Å². The van der Waals surface area contributed by atoms with E-state index in [1.165, 1.54) is 44.3 Å². The van der Waals surface area contributed by atoms with Crippen molar-refractivity contribution >= 4 is 5.91 Å². The third kappa shape index (κ3) is 3.63. The van der Waals surface area contributed by atoms with Gasteiger partial charge < -0.3 is 11.1 Å². The van der Waals surface area contributed by atoms with Gasteiger partial charge in [0.1, 0.15) is 0 Å². The van der Waals surface area contributed by atoms with Gasteiger partial charge in [0, 0.05) is 24.7 Å². The number of likely N-dealkylation sites (tertiary alicyclic amines) is 1. The smallest absolute Gasteiger partial charge is 0.248 e. The number of carbonyl (C=O) groups is 1. The summed E-state index contributed by atoms with van der Waals surface area (Å²) in [6.07, 6.45) is 5.27. The van der Waals surface area contributed by atoms with Gasteiger partial charge in [-0.3, -0.25) is 9.69 Å². The number of nitrogens with two attached hydrogens (primary N) is 1. The van der Waals surface area contributed by atoms with Gasteiger partial charge in [-0.15, -0.1) is 0 Å². The number of amides is 1. The van der Waals surface area contributed by atoms with Crippen LogP contribution in [-0.2, 0) is 6.54 Å². The molecule has 1 aromatic rings. The molecule has 2 fully saturated rings. The summed E-state index contributed by atoms with van der Waals surface area (Å²) in [6.45, 7) is 4.43. The second-order valence-corrected chi connectivity index (χ2v) is 6.40. The lowest BCUT2D eigenvalue weighted by molar-refractivity contribution is 0.1000. The second-order valence-electron chi connectivity index (χ2n) is 6.40. The highest BCUT2D eigenvalue weighted by atomic mass is 16.1. The zero-order chi connectivity index (χ0) is 14.7. The number of primary amides is 1. The molecule has 3 N–H and O–H groups in total. The number of nitrogens with zero attached hydrogens (tertiary/aromatic N) is 1. The number of hydrogen-bond acceptors (Lipinski definition) is 3. The van der Waals surface area contributed by atoms with Gasteiger partial charge in [-0.25, -0.2) is 0 Å². The van der Waals surface area contributed by atoms with Crippen molar-refractivity contribution < 1.29 is 4.79 Å². The maximum Gasteiger partial charge on any atom is 0.248 e. The Bertz CT molecular complexity index is 497. The van der Waals surface area contributed by atoms with Crippen LogP contribution in [0.5, 0.6) is 0 Å². The largest absolute Gasteiger partial charge is 0.366 e. The molecule has 2 heterocycles. The van der Waals surface area contributed by atoms with Crippen LogP contribution in [-0.4, -0.2) is 36.5 Å². The molecule has 0 aliphatic carbocycles. The summed E-state index contributed by atoms with van der Waals surface area (Å²) in [5.41, 5.74) is 7.16. The molecule has 4 nitrogen and oxygen atoms in total. The number of carbonyl (C=O) groups excluding carboxylic acids is 1. The van der Waals surface area contributed by atoms with Crippen molar-refractivity contribution in [1.29, 1.82) is 0 Å². The summed E-state index contributed by atoms with van der Waals surface area (Å²) >= 11 is 0. The van der Waals surface area contributed by atoms with Crippen molar-refractivity contribution in [1.82, 2.24) is 10.2 Å². The number of hydrogen-bond donors (Lipinski definition) is 2. The molecule has 0 saturated carbocycles. The predicted molar refractivity (Wildman–Crippen MR) is 84.0 cm³/mol. The molecule has 4 heteroatoms. The molecular weight excluding hydrogens is 262 g/mol. The lowest BCUT2D eigenvalue weighted by Crippen LogP contribution is -2.43. The predicted octanol–water partition coefficient (Wildman–Crippen LogP) is 1.75. The molecule has 0 spiro atoms. The fraction of sp³-hybridized carbons (Fsp3) is 0.588. The highest BCUT2D eigenvalue weighted by molar-refractivity contribution is 5.92. The number of benzene rings is 1. The summed E-state index contributed by atoms with van der Waals surface area (Å²) in [5.74, 6) is 0.434. The van der Waals surface area contributed by atoms with Crippen molar-refractivity contribution in [3.8, 4) is 0 Å². The van der Waals surface area contributed by atoms with Gasteiger partial charge in [-0.1, -0.05) is 12.1 Å². The molecule has 1 aromatic carbocycles. The van der Waals surface area contributed by atoms with Crippen LogP contribution in [0, 0.1) is 5.92 Å². The van der Waals surface area contributed by atoms with E-state index in [2.05, 4.69) is 16.3 Å². The van der Waals surface area contributed by atoms with E-state index in [0.717, 1.165) is 19.0 Å². The van der Waals surface area contributed by atoms with Gasteiger partial charge >= 0.3 is 0 Å². The Morgan fingerprint density at radius 3 is 3.00 bits per heavy atom. The fourth-order valence-corrected chi connectivity index (χ4v) is 3.76. The first kappa shape index (κ1) is 14.5. The first-order valence-corrected chi connectivity index (χ1v) is 8.07. The Kier molecular flexibility index (Phi) is 4.56. The quantitative estimate of drug-likeness (QED) is 0.887. The van der Waals surface area contributed by atoms with E-state index >= 15 is 0 Å². The molecule has 114 valence electrons. The van der Waals surface area contributed by atoms with Crippen molar-refractivity contribution in [2.24, 2.45) is 11.7 Å². The van der Waals surface area contributed by atoms with Crippen molar-refractivity contribution in [2.45, 2.75) is 38.3 Å². The summed E-state index contributed by atoms with van der Waals surface area (Å²) in [6, 6.07) is 8.44. The van der Waals surface area contributed by atoms with E-state index < -0.39 is 0 Å². The molecule has 1 amide bonds. The average Bonchev–Trinajstić information content (AvgIpc) is 3.02. The van der Waals surface area contributed by atoms with Crippen LogP contribution in [0.2, 0.25) is 0 Å². The third-order valence-electron chi connectivity index (χ3n) is 4.83. The minimum absolute atomic E-state index is 0.344. The van der Waals surface area contributed by atoms with Crippen LogP contribution in [0.15, 0.2) is 24.3 Å². The van der Waals surface area contributed by atoms with E-state index in [4.69, 9.17) is 5.73 Å². The van der Waals surface area contributed by atoms with Crippen molar-refractivity contribution in [2.75, 3.05) is 19.6 Å². The van der Waals surface area contributed by atoms with Crippen LogP contribution in [0.4, 0.5) is 0 Å². The minimum Gasteiger partial charge on any atom is -0.366 e. The fourth-order valence-electron chi connectivity index (χ4n) is 3.76. The maximum atomic E-state index is 11.3. The lowest BCUT2D eigenvalue weighted by Gasteiger charge is -2.35. The van der Waals surface area contributed by atoms with Crippen LogP contribution in [0.3, 0.4) is 0 Å². The van der Waals surface area contributed by atoms with E-state index in [1.54, 1.807) is 6.07 Å². The maximum absolute atomic E-state index is 11.3. The van der Waals surface area contributed by atoms with E-state index in [9.17, 15) is 4.79 Å². The average molecular weight is 287 g/mol. The Hall–Kier alpha value is -1.39. The standard InChI is InChI=1S/C17H25N3O/c18-17(21)14-5-1-4-13(10-14)11-20-9-3-6-15(12-20)16-7-2-8-19-16/h1,4-5,10,15-16,19H,2-3,6-9,11-12H2,(H2,18,21). The molecule has 21 heavy (non-hydrogen) atoms. The second kappa shape index (κ2) is 6.58. The van der Waals surface area contributed by atoms with Crippen LogP contribution < -0.4 is 11.1 Å². The van der Waals surface area contributed by atoms with E-state index in [0.29, 0.717) is 11.6 Å². The number of rotatable bonds is 4. The van der Waals surface area contributed by atoms with Gasteiger partial charge in [-0.2, -0.15) is 0 Å². The Labute approximate surface area is 126 Å². The minimum atomic E-state index is -0.344. The summed E-state index contributed by atoms with van der Waals surface area (Å²) < 4.78 is 0. The normalized spacial score (nSPS) is 26.9. The van der Waals surface area contributed by atoms with Crippen LogP contribution in [0.1, 0.15) is 41.6 Å². The Balaban J connectivity index is 1.61. The van der Waals surface area contributed by atoms with Crippen molar-refractivity contribution in [3.63, 3.8) is 0 Å². The monoisotopic (exact) mass is 287 g/mol. The molecule has 2 aliphatic heterocycles. The molecule has 3 rings (SSSR count). The molecule has 0 aromatic heterocycles. The molecule has 2 atom stereocenters. The Morgan fingerprint density at radius 2 is 2.24 bits per heavy atom. The zero-order valence-electron chi connectivity index (χ0n) is 12.6. The molecule has 2 aliphatic rings. The van der Waals surface area contributed by atoms with Crippen molar-refractivity contribution in [3.05, 3.63) is 35.4 Å². The van der Waals surface area contributed by atoms with E-state index in [-0.39, 0.29) is 5.91 Å². The van der Waals surface area contributed by atoms with Crippen LogP contribution in [0.25, 0.3) is 0 Å². The molecular formula is C17H25N3O. The SMILES string of the molecule is NC(=O)c1cccc(CN2CCCC(C3CCCN3)C2)c1. The Morgan fingerprint density at radius 1 is 1.33 bits per heavy atom. The van der Waals surface area contributed by atoms with Gasteiger partial charge in [0.05, 0.1) is 0 Å². The molecule has 2 unspecified atom stereocenters. The van der Waals surface area contributed by atoms with Gasteiger partial charge in [0.2, 0.25) is 5.91 Å². The molecule has 2 saturated heterocycles. The summed E-state index contributed by atoms with van der Waals surface area (Å²) in [7, 11) is 0. The first-order chi connectivity index (χ1) is 10.2.